The fourth-order valence-electron chi connectivity index (χ4n) is 2.57. The van der Waals surface area contributed by atoms with Gasteiger partial charge in [0.2, 0.25) is 10.0 Å². The molecule has 0 aromatic carbocycles. The van der Waals surface area contributed by atoms with Crippen LogP contribution in [0.2, 0.25) is 0 Å². The van der Waals surface area contributed by atoms with Gasteiger partial charge in [0.05, 0.1) is 11.7 Å². The number of hydrogen-bond acceptors (Lipinski definition) is 4. The van der Waals surface area contributed by atoms with Gasteiger partial charge in [-0.3, -0.25) is 4.79 Å². The van der Waals surface area contributed by atoms with Crippen molar-refractivity contribution in [1.82, 2.24) is 0 Å². The van der Waals surface area contributed by atoms with Crippen LogP contribution in [0.5, 0.6) is 0 Å². The van der Waals surface area contributed by atoms with Crippen LogP contribution in [-0.2, 0) is 20.2 Å². The highest BCUT2D eigenvalue weighted by atomic mass is 32.2. The summed E-state index contributed by atoms with van der Waals surface area (Å²) in [6.07, 6.45) is 6.18. The van der Waals surface area contributed by atoms with E-state index in [9.17, 15) is 13.2 Å². The number of carbonyl (C=O) groups is 1. The van der Waals surface area contributed by atoms with E-state index >= 15 is 0 Å². The Balaban J connectivity index is 2.24. The third kappa shape index (κ3) is 1.28. The van der Waals surface area contributed by atoms with Crippen molar-refractivity contribution in [3.8, 4) is 0 Å². The predicted octanol–water partition coefficient (Wildman–Crippen LogP) is 1.64. The van der Waals surface area contributed by atoms with Gasteiger partial charge < -0.3 is 0 Å². The molecule has 0 N–H and O–H groups in total. The van der Waals surface area contributed by atoms with Crippen LogP contribution in [-0.4, -0.2) is 20.6 Å². The highest BCUT2D eigenvalue weighted by molar-refractivity contribution is 7.93. The number of allylic oxidation sites excluding steroid dienone is 2. The molecule has 90 valence electrons. The standard InChI is InChI=1S/C11H11NO3S2/c1-17(14,15)12-9-8(4-7-16-9)11(10(12)13)5-2-3-6-11/h2-4,7H,5-6H2,1H3. The second-order valence-corrected chi connectivity index (χ2v) is 7.16. The van der Waals surface area contributed by atoms with Crippen LogP contribution in [0, 0.1) is 0 Å². The third-order valence-electron chi connectivity index (χ3n) is 3.37. The van der Waals surface area contributed by atoms with Gasteiger partial charge in [-0.25, -0.2) is 8.42 Å². The van der Waals surface area contributed by atoms with Crippen LogP contribution in [0.15, 0.2) is 23.6 Å². The molecular weight excluding hydrogens is 258 g/mol. The van der Waals surface area contributed by atoms with Gasteiger partial charge in [-0.1, -0.05) is 12.2 Å². The van der Waals surface area contributed by atoms with Crippen molar-refractivity contribution in [2.75, 3.05) is 10.6 Å². The van der Waals surface area contributed by atoms with Crippen molar-refractivity contribution < 1.29 is 13.2 Å². The summed E-state index contributed by atoms with van der Waals surface area (Å²) in [6, 6.07) is 1.87. The zero-order chi connectivity index (χ0) is 12.3. The number of anilines is 1. The molecule has 0 saturated carbocycles. The lowest BCUT2D eigenvalue weighted by Crippen LogP contribution is -2.41. The Morgan fingerprint density at radius 2 is 2.00 bits per heavy atom. The molecule has 0 radical (unpaired) electrons. The van der Waals surface area contributed by atoms with Gasteiger partial charge in [0.1, 0.15) is 5.00 Å². The van der Waals surface area contributed by atoms with Gasteiger partial charge in [-0.05, 0) is 24.3 Å². The van der Waals surface area contributed by atoms with Gasteiger partial charge in [0.25, 0.3) is 5.91 Å². The molecule has 1 aliphatic heterocycles. The first-order valence-electron chi connectivity index (χ1n) is 5.24. The molecule has 17 heavy (non-hydrogen) atoms. The summed E-state index contributed by atoms with van der Waals surface area (Å²) in [5.41, 5.74) is 0.209. The Hall–Kier alpha value is -1.14. The molecule has 0 fully saturated rings. The van der Waals surface area contributed by atoms with Gasteiger partial charge in [0, 0.05) is 5.56 Å². The van der Waals surface area contributed by atoms with E-state index in [-0.39, 0.29) is 5.91 Å². The average molecular weight is 269 g/mol. The molecular formula is C11H11NO3S2. The maximum atomic E-state index is 12.4. The maximum absolute atomic E-state index is 12.4. The number of hydrogen-bond donors (Lipinski definition) is 0. The number of fused-ring (bicyclic) bond motifs is 2. The lowest BCUT2D eigenvalue weighted by Gasteiger charge is -2.22. The quantitative estimate of drug-likeness (QED) is 0.728. The molecule has 2 heterocycles. The molecule has 1 aromatic heterocycles. The molecule has 0 unspecified atom stereocenters. The van der Waals surface area contributed by atoms with E-state index in [0.717, 1.165) is 16.1 Å². The Kier molecular flexibility index (Phi) is 2.07. The summed E-state index contributed by atoms with van der Waals surface area (Å²) >= 11 is 1.31. The van der Waals surface area contributed by atoms with Crippen LogP contribution in [0.3, 0.4) is 0 Å². The Labute approximate surface area is 104 Å². The summed E-state index contributed by atoms with van der Waals surface area (Å²) in [5, 5.41) is 2.41. The lowest BCUT2D eigenvalue weighted by molar-refractivity contribution is -0.121. The molecule has 4 nitrogen and oxygen atoms in total. The van der Waals surface area contributed by atoms with Gasteiger partial charge in [-0.2, -0.15) is 4.31 Å². The molecule has 0 atom stereocenters. The van der Waals surface area contributed by atoms with E-state index in [2.05, 4.69) is 0 Å². The first-order valence-corrected chi connectivity index (χ1v) is 7.97. The molecule has 6 heteroatoms. The number of rotatable bonds is 1. The molecule has 0 saturated heterocycles. The van der Waals surface area contributed by atoms with Crippen LogP contribution in [0.4, 0.5) is 5.00 Å². The normalized spacial score (nSPS) is 21.5. The van der Waals surface area contributed by atoms with Gasteiger partial charge in [0.15, 0.2) is 0 Å². The minimum absolute atomic E-state index is 0.299. The van der Waals surface area contributed by atoms with Crippen molar-refractivity contribution in [1.29, 1.82) is 0 Å². The first kappa shape index (κ1) is 11.0. The highest BCUT2D eigenvalue weighted by Crippen LogP contribution is 2.52. The Bertz CT molecular complexity index is 619. The number of sulfonamides is 1. The minimum atomic E-state index is -3.53. The number of amides is 1. The monoisotopic (exact) mass is 269 g/mol. The van der Waals surface area contributed by atoms with Crippen molar-refractivity contribution in [3.63, 3.8) is 0 Å². The number of nitrogens with zero attached hydrogens (tertiary/aromatic N) is 1. The topological polar surface area (TPSA) is 54.5 Å². The number of thiophene rings is 1. The highest BCUT2D eigenvalue weighted by Gasteiger charge is 2.54. The summed E-state index contributed by atoms with van der Waals surface area (Å²) in [6.45, 7) is 0. The molecule has 1 spiro atoms. The van der Waals surface area contributed by atoms with E-state index in [1.165, 1.54) is 11.3 Å². The van der Waals surface area contributed by atoms with Crippen molar-refractivity contribution in [3.05, 3.63) is 29.2 Å². The van der Waals surface area contributed by atoms with Crippen LogP contribution >= 0.6 is 11.3 Å². The lowest BCUT2D eigenvalue weighted by atomic mass is 9.81. The molecule has 0 bridgehead atoms. The SMILES string of the molecule is CS(=O)(=O)N1C(=O)C2(CC=CC2)c2ccsc21. The molecule has 1 aliphatic carbocycles. The Morgan fingerprint density at radius 3 is 2.59 bits per heavy atom. The second kappa shape index (κ2) is 3.20. The maximum Gasteiger partial charge on any atom is 0.252 e. The average Bonchev–Trinajstić information content (AvgIpc) is 2.85. The van der Waals surface area contributed by atoms with E-state index < -0.39 is 15.4 Å². The van der Waals surface area contributed by atoms with Crippen LogP contribution in [0.1, 0.15) is 18.4 Å². The summed E-state index contributed by atoms with van der Waals surface area (Å²) in [4.78, 5) is 12.4. The fraction of sp³-hybridized carbons (Fsp3) is 0.364. The summed E-state index contributed by atoms with van der Waals surface area (Å²) < 4.78 is 24.4. The van der Waals surface area contributed by atoms with Gasteiger partial charge in [-0.15, -0.1) is 11.3 Å². The summed E-state index contributed by atoms with van der Waals surface area (Å²) in [5.74, 6) is -0.299. The van der Waals surface area contributed by atoms with E-state index in [0.29, 0.717) is 17.8 Å². The number of carbonyl (C=O) groups excluding carboxylic acids is 1. The molecule has 3 rings (SSSR count). The second-order valence-electron chi connectivity index (χ2n) is 4.43. The van der Waals surface area contributed by atoms with Crippen LogP contribution in [0.25, 0.3) is 0 Å². The fourth-order valence-corrected chi connectivity index (χ4v) is 4.89. The van der Waals surface area contributed by atoms with E-state index in [4.69, 9.17) is 0 Å². The third-order valence-corrected chi connectivity index (χ3v) is 5.39. The van der Waals surface area contributed by atoms with Crippen molar-refractivity contribution >= 4 is 32.3 Å². The zero-order valence-electron chi connectivity index (χ0n) is 9.21. The smallest absolute Gasteiger partial charge is 0.252 e. The predicted molar refractivity (Wildman–Crippen MR) is 66.7 cm³/mol. The van der Waals surface area contributed by atoms with Gasteiger partial charge >= 0.3 is 0 Å². The zero-order valence-corrected chi connectivity index (χ0v) is 10.8. The Morgan fingerprint density at radius 1 is 1.35 bits per heavy atom. The first-order chi connectivity index (χ1) is 7.97. The van der Waals surface area contributed by atoms with Crippen LogP contribution < -0.4 is 4.31 Å². The molecule has 1 amide bonds. The minimum Gasteiger partial charge on any atom is -0.272 e. The largest absolute Gasteiger partial charge is 0.272 e. The van der Waals surface area contributed by atoms with Crippen molar-refractivity contribution in [2.45, 2.75) is 18.3 Å². The molecule has 1 aromatic rings. The van der Waals surface area contributed by atoms with E-state index in [1.807, 2.05) is 23.6 Å². The van der Waals surface area contributed by atoms with E-state index in [1.54, 1.807) is 0 Å². The summed E-state index contributed by atoms with van der Waals surface area (Å²) in [7, 11) is -3.53. The van der Waals surface area contributed by atoms with Crippen molar-refractivity contribution in [2.24, 2.45) is 0 Å². The molecule has 2 aliphatic rings.